The van der Waals surface area contributed by atoms with Crippen molar-refractivity contribution < 1.29 is 9.53 Å². The third-order valence-corrected chi connectivity index (χ3v) is 4.71. The zero-order chi connectivity index (χ0) is 16.2. The average molecular weight is 321 g/mol. The van der Waals surface area contributed by atoms with Gasteiger partial charge in [0.05, 0.1) is 11.7 Å². The lowest BCUT2D eigenvalue weighted by Gasteiger charge is -2.36. The molecule has 7 nitrogen and oxygen atoms in total. The smallest absolute Gasteiger partial charge is 0.316 e. The maximum atomic E-state index is 11.8. The van der Waals surface area contributed by atoms with Crippen molar-refractivity contribution in [3.8, 4) is 0 Å². The normalized spacial score (nSPS) is 22.6. The van der Waals surface area contributed by atoms with Crippen molar-refractivity contribution >= 4 is 6.03 Å². The van der Waals surface area contributed by atoms with E-state index >= 15 is 0 Å². The number of hydrogen-bond acceptors (Lipinski definition) is 4. The number of fused-ring (bicyclic) bond motifs is 1. The lowest BCUT2D eigenvalue weighted by Crippen LogP contribution is -2.46. The van der Waals surface area contributed by atoms with Crippen LogP contribution in [0.4, 0.5) is 4.79 Å². The van der Waals surface area contributed by atoms with Crippen molar-refractivity contribution in [2.75, 3.05) is 46.9 Å². The molecule has 3 heterocycles. The monoisotopic (exact) mass is 321 g/mol. The van der Waals surface area contributed by atoms with E-state index in [-0.39, 0.29) is 12.1 Å². The average Bonchev–Trinajstić information content (AvgIpc) is 3.01. The molecule has 0 aliphatic carbocycles. The molecule has 1 aromatic rings. The lowest BCUT2D eigenvalue weighted by molar-refractivity contribution is 0.0448. The number of nitrogens with one attached hydrogen (secondary N) is 1. The van der Waals surface area contributed by atoms with Crippen molar-refractivity contribution in [2.24, 2.45) is 5.92 Å². The highest BCUT2D eigenvalue weighted by Crippen LogP contribution is 2.23. The predicted molar refractivity (Wildman–Crippen MR) is 87.2 cm³/mol. The van der Waals surface area contributed by atoms with Crippen LogP contribution < -0.4 is 5.32 Å². The number of hydrogen-bond donors (Lipinski definition) is 1. The van der Waals surface area contributed by atoms with E-state index in [0.717, 1.165) is 51.6 Å². The Kier molecular flexibility index (Phi) is 5.17. The Morgan fingerprint density at radius 2 is 2.22 bits per heavy atom. The minimum absolute atomic E-state index is 0.0553. The summed E-state index contributed by atoms with van der Waals surface area (Å²) in [5.74, 6) is 0.718. The van der Waals surface area contributed by atoms with Crippen LogP contribution in [0.5, 0.6) is 0 Å². The molecule has 1 aromatic heterocycles. The summed E-state index contributed by atoms with van der Waals surface area (Å²) in [6, 6.07) is 2.22. The molecular weight excluding hydrogens is 294 g/mol. The van der Waals surface area contributed by atoms with E-state index in [4.69, 9.17) is 4.74 Å². The molecule has 128 valence electrons. The van der Waals surface area contributed by atoms with Gasteiger partial charge in [-0.3, -0.25) is 9.58 Å². The number of urea groups is 1. The van der Waals surface area contributed by atoms with E-state index in [2.05, 4.69) is 26.1 Å². The first-order valence-corrected chi connectivity index (χ1v) is 8.41. The van der Waals surface area contributed by atoms with Gasteiger partial charge in [0.1, 0.15) is 0 Å². The molecule has 0 bridgehead atoms. The van der Waals surface area contributed by atoms with E-state index < -0.39 is 0 Å². The molecule has 1 atom stereocenters. The molecule has 1 fully saturated rings. The van der Waals surface area contributed by atoms with Crippen LogP contribution in [0.1, 0.15) is 24.6 Å². The van der Waals surface area contributed by atoms with Crippen molar-refractivity contribution in [3.05, 3.63) is 18.0 Å². The SMILES string of the molecule is CN(C)C(=O)NCC1CN(CC2CCOCC2)Cc2ccnn21. The van der Waals surface area contributed by atoms with Gasteiger partial charge in [0.15, 0.2) is 0 Å². The van der Waals surface area contributed by atoms with Gasteiger partial charge in [-0.05, 0) is 24.8 Å². The second-order valence-corrected chi connectivity index (χ2v) is 6.75. The summed E-state index contributed by atoms with van der Waals surface area (Å²) in [5, 5.41) is 7.43. The maximum absolute atomic E-state index is 11.8. The highest BCUT2D eigenvalue weighted by atomic mass is 16.5. The Morgan fingerprint density at radius 1 is 1.43 bits per heavy atom. The maximum Gasteiger partial charge on any atom is 0.316 e. The minimum Gasteiger partial charge on any atom is -0.381 e. The molecule has 2 amide bonds. The third kappa shape index (κ3) is 4.03. The predicted octanol–water partition coefficient (Wildman–Crippen LogP) is 0.938. The van der Waals surface area contributed by atoms with Crippen LogP contribution in [0.15, 0.2) is 12.3 Å². The summed E-state index contributed by atoms with van der Waals surface area (Å²) in [6.45, 7) is 5.36. The van der Waals surface area contributed by atoms with Gasteiger partial charge in [-0.1, -0.05) is 0 Å². The van der Waals surface area contributed by atoms with Crippen LogP contribution in [0, 0.1) is 5.92 Å². The van der Waals surface area contributed by atoms with Crippen LogP contribution in [0.2, 0.25) is 0 Å². The van der Waals surface area contributed by atoms with Gasteiger partial charge in [-0.15, -0.1) is 0 Å². The highest BCUT2D eigenvalue weighted by Gasteiger charge is 2.28. The van der Waals surface area contributed by atoms with Crippen molar-refractivity contribution in [3.63, 3.8) is 0 Å². The molecule has 1 saturated heterocycles. The first kappa shape index (κ1) is 16.3. The van der Waals surface area contributed by atoms with Crippen LogP contribution >= 0.6 is 0 Å². The number of ether oxygens (including phenoxy) is 1. The summed E-state index contributed by atoms with van der Waals surface area (Å²) in [7, 11) is 3.51. The molecule has 1 N–H and O–H groups in total. The molecular formula is C16H27N5O2. The molecule has 0 radical (unpaired) electrons. The van der Waals surface area contributed by atoms with Gasteiger partial charge in [-0.2, -0.15) is 5.10 Å². The minimum atomic E-state index is -0.0553. The molecule has 0 saturated carbocycles. The Bertz CT molecular complexity index is 524. The Hall–Kier alpha value is -1.60. The fourth-order valence-corrected chi connectivity index (χ4v) is 3.41. The van der Waals surface area contributed by atoms with Crippen LogP contribution in [-0.2, 0) is 11.3 Å². The van der Waals surface area contributed by atoms with Gasteiger partial charge in [-0.25, -0.2) is 4.79 Å². The molecule has 0 spiro atoms. The summed E-state index contributed by atoms with van der Waals surface area (Å²) in [5.41, 5.74) is 1.23. The van der Waals surface area contributed by atoms with Gasteiger partial charge in [0.25, 0.3) is 0 Å². The van der Waals surface area contributed by atoms with E-state index in [9.17, 15) is 4.79 Å². The van der Waals surface area contributed by atoms with E-state index in [1.165, 1.54) is 5.69 Å². The van der Waals surface area contributed by atoms with E-state index in [1.54, 1.807) is 19.0 Å². The molecule has 2 aliphatic rings. The summed E-state index contributed by atoms with van der Waals surface area (Å²) < 4.78 is 7.52. The molecule has 1 unspecified atom stereocenters. The van der Waals surface area contributed by atoms with Crippen LogP contribution in [0.25, 0.3) is 0 Å². The Morgan fingerprint density at radius 3 is 2.96 bits per heavy atom. The first-order valence-electron chi connectivity index (χ1n) is 8.41. The summed E-state index contributed by atoms with van der Waals surface area (Å²) >= 11 is 0. The van der Waals surface area contributed by atoms with Crippen molar-refractivity contribution in [2.45, 2.75) is 25.4 Å². The summed E-state index contributed by atoms with van der Waals surface area (Å²) in [4.78, 5) is 15.9. The zero-order valence-corrected chi connectivity index (χ0v) is 14.1. The zero-order valence-electron chi connectivity index (χ0n) is 14.1. The number of rotatable bonds is 4. The van der Waals surface area contributed by atoms with Gasteiger partial charge in [0.2, 0.25) is 0 Å². The van der Waals surface area contributed by atoms with Crippen molar-refractivity contribution in [1.29, 1.82) is 0 Å². The Balaban J connectivity index is 1.61. The fraction of sp³-hybridized carbons (Fsp3) is 0.750. The number of carbonyl (C=O) groups is 1. The number of aromatic nitrogens is 2. The number of carbonyl (C=O) groups excluding carboxylic acids is 1. The largest absolute Gasteiger partial charge is 0.381 e. The van der Waals surface area contributed by atoms with E-state index in [0.29, 0.717) is 6.54 Å². The van der Waals surface area contributed by atoms with E-state index in [1.807, 2.05) is 6.20 Å². The van der Waals surface area contributed by atoms with Crippen molar-refractivity contribution in [1.82, 2.24) is 24.9 Å². The molecule has 3 rings (SSSR count). The molecule has 2 aliphatic heterocycles. The Labute approximate surface area is 137 Å². The molecule has 23 heavy (non-hydrogen) atoms. The fourth-order valence-electron chi connectivity index (χ4n) is 3.41. The topological polar surface area (TPSA) is 62.6 Å². The van der Waals surface area contributed by atoms with Crippen LogP contribution in [0.3, 0.4) is 0 Å². The first-order chi connectivity index (χ1) is 11.1. The second-order valence-electron chi connectivity index (χ2n) is 6.75. The molecule has 7 heteroatoms. The second kappa shape index (κ2) is 7.31. The standard InChI is InChI=1S/C16H27N5O2/c1-19(2)16(22)17-9-15-12-20(10-13-4-7-23-8-5-13)11-14-3-6-18-21(14)15/h3,6,13,15H,4-5,7-12H2,1-2H3,(H,17,22). The van der Waals surface area contributed by atoms with Gasteiger partial charge in [0, 0.05) is 59.7 Å². The highest BCUT2D eigenvalue weighted by molar-refractivity contribution is 5.73. The van der Waals surface area contributed by atoms with Gasteiger partial charge >= 0.3 is 6.03 Å². The summed E-state index contributed by atoms with van der Waals surface area (Å²) in [6.07, 6.45) is 4.16. The lowest BCUT2D eigenvalue weighted by atomic mass is 9.99. The quantitative estimate of drug-likeness (QED) is 0.896. The third-order valence-electron chi connectivity index (χ3n) is 4.71. The van der Waals surface area contributed by atoms with Crippen LogP contribution in [-0.4, -0.2) is 72.6 Å². The van der Waals surface area contributed by atoms with Gasteiger partial charge < -0.3 is 15.0 Å². The molecule has 0 aromatic carbocycles. The number of amides is 2. The number of nitrogens with zero attached hydrogens (tertiary/aromatic N) is 4.